The minimum absolute atomic E-state index is 0.0861. The maximum absolute atomic E-state index is 12.8. The third kappa shape index (κ3) is 4.79. The third-order valence-corrected chi connectivity index (χ3v) is 8.51. The summed E-state index contributed by atoms with van der Waals surface area (Å²) in [6, 6.07) is 14.3. The van der Waals surface area contributed by atoms with E-state index in [-0.39, 0.29) is 16.4 Å². The predicted octanol–water partition coefficient (Wildman–Crippen LogP) is 3.94. The highest BCUT2D eigenvalue weighted by atomic mass is 32.2. The van der Waals surface area contributed by atoms with Crippen LogP contribution in [0, 0.1) is 6.92 Å². The van der Waals surface area contributed by atoms with Gasteiger partial charge in [-0.05, 0) is 38.0 Å². The number of benzene rings is 2. The molecule has 1 saturated heterocycles. The molecule has 0 spiro atoms. The monoisotopic (exact) mass is 470 g/mol. The summed E-state index contributed by atoms with van der Waals surface area (Å²) < 4.78 is 29.0. The summed E-state index contributed by atoms with van der Waals surface area (Å²) >= 11 is 1.32. The number of hydrogen-bond acceptors (Lipinski definition) is 6. The summed E-state index contributed by atoms with van der Waals surface area (Å²) in [4.78, 5) is 12.9. The predicted molar refractivity (Wildman–Crippen MR) is 125 cm³/mol. The second-order valence-corrected chi connectivity index (χ2v) is 10.8. The lowest BCUT2D eigenvalue weighted by molar-refractivity contribution is 0.102. The summed E-state index contributed by atoms with van der Waals surface area (Å²) in [6.07, 6.45) is 2.84. The normalized spacial score (nSPS) is 15.1. The zero-order valence-corrected chi connectivity index (χ0v) is 19.8. The summed E-state index contributed by atoms with van der Waals surface area (Å²) in [7, 11) is -1.62. The molecule has 9 heteroatoms. The van der Waals surface area contributed by atoms with Gasteiger partial charge in [0, 0.05) is 31.3 Å². The van der Waals surface area contributed by atoms with Crippen LogP contribution < -0.4 is 0 Å². The van der Waals surface area contributed by atoms with Gasteiger partial charge in [0.2, 0.25) is 10.0 Å². The van der Waals surface area contributed by atoms with E-state index in [1.807, 2.05) is 42.8 Å². The minimum Gasteiger partial charge on any atom is -0.305 e. The Morgan fingerprint density at radius 1 is 1.03 bits per heavy atom. The van der Waals surface area contributed by atoms with Gasteiger partial charge in [-0.2, -0.15) is 4.31 Å². The summed E-state index contributed by atoms with van der Waals surface area (Å²) in [5.74, 6) is 0.853. The Labute approximate surface area is 192 Å². The number of Topliss-reactive ketones (excluding diaryl/α,β-unsaturated/α-hetero) is 1. The first-order valence-electron chi connectivity index (χ1n) is 10.6. The number of sulfonamides is 1. The van der Waals surface area contributed by atoms with E-state index < -0.39 is 10.0 Å². The maximum atomic E-state index is 12.8. The molecule has 1 aliphatic heterocycles. The Morgan fingerprint density at radius 2 is 1.75 bits per heavy atom. The van der Waals surface area contributed by atoms with Gasteiger partial charge in [0.05, 0.1) is 10.6 Å². The van der Waals surface area contributed by atoms with Crippen molar-refractivity contribution in [3.8, 4) is 11.4 Å². The van der Waals surface area contributed by atoms with E-state index in [1.54, 1.807) is 12.1 Å². The first-order chi connectivity index (χ1) is 15.4. The molecule has 0 unspecified atom stereocenters. The molecule has 0 N–H and O–H groups in total. The summed E-state index contributed by atoms with van der Waals surface area (Å²) in [6.45, 7) is 3.14. The first kappa shape index (κ1) is 22.7. The van der Waals surface area contributed by atoms with Crippen LogP contribution in [0.15, 0.2) is 58.6 Å². The van der Waals surface area contributed by atoms with Crippen LogP contribution in [0.1, 0.15) is 35.2 Å². The van der Waals surface area contributed by atoms with Crippen molar-refractivity contribution in [3.05, 3.63) is 59.7 Å². The lowest BCUT2D eigenvalue weighted by atomic mass is 10.1. The third-order valence-electron chi connectivity index (χ3n) is 5.57. The molecule has 2 aromatic carbocycles. The van der Waals surface area contributed by atoms with Gasteiger partial charge in [-0.25, -0.2) is 8.42 Å². The Balaban J connectivity index is 1.42. The molecule has 1 fully saturated rings. The molecule has 0 amide bonds. The molecule has 0 radical (unpaired) electrons. The fraction of sp³-hybridized carbons (Fsp3) is 0.348. The van der Waals surface area contributed by atoms with Crippen molar-refractivity contribution in [1.82, 2.24) is 19.1 Å². The van der Waals surface area contributed by atoms with Crippen molar-refractivity contribution < 1.29 is 13.2 Å². The molecule has 32 heavy (non-hydrogen) atoms. The van der Waals surface area contributed by atoms with Gasteiger partial charge in [0.25, 0.3) is 0 Å². The van der Waals surface area contributed by atoms with Gasteiger partial charge in [0.1, 0.15) is 0 Å². The average molecular weight is 471 g/mol. The smallest absolute Gasteiger partial charge is 0.243 e. The lowest BCUT2D eigenvalue weighted by Crippen LogP contribution is -2.35. The molecule has 0 aliphatic carbocycles. The van der Waals surface area contributed by atoms with Crippen molar-refractivity contribution in [2.24, 2.45) is 7.05 Å². The molecule has 4 rings (SSSR count). The zero-order chi connectivity index (χ0) is 22.7. The Bertz CT molecular complexity index is 1210. The molecule has 1 aliphatic rings. The summed E-state index contributed by atoms with van der Waals surface area (Å²) in [5.41, 5.74) is 2.60. The lowest BCUT2D eigenvalue weighted by Gasteiger charge is -2.25. The Morgan fingerprint density at radius 3 is 2.44 bits per heavy atom. The van der Waals surface area contributed by atoms with Crippen molar-refractivity contribution in [2.45, 2.75) is 36.2 Å². The van der Waals surface area contributed by atoms with Crippen LogP contribution in [0.4, 0.5) is 0 Å². The number of rotatable bonds is 7. The standard InChI is InChI=1S/C23H26N4O3S2/c1-17-7-6-8-19(15-17)22-24-25-23(26(22)2)31-16-21(28)18-9-11-20(12-10-18)32(29,30)27-13-4-3-5-14-27/h6-12,15H,3-5,13-14,16H2,1-2H3. The molecule has 168 valence electrons. The van der Waals surface area contributed by atoms with Crippen LogP contribution in [-0.2, 0) is 17.1 Å². The van der Waals surface area contributed by atoms with Gasteiger partial charge in [-0.15, -0.1) is 10.2 Å². The highest BCUT2D eigenvalue weighted by Crippen LogP contribution is 2.25. The fourth-order valence-electron chi connectivity index (χ4n) is 3.76. The maximum Gasteiger partial charge on any atom is 0.243 e. The van der Waals surface area contributed by atoms with Crippen LogP contribution in [0.3, 0.4) is 0 Å². The number of thioether (sulfide) groups is 1. The second kappa shape index (κ2) is 9.56. The van der Waals surface area contributed by atoms with Crippen LogP contribution in [0.5, 0.6) is 0 Å². The van der Waals surface area contributed by atoms with E-state index in [0.717, 1.165) is 36.2 Å². The largest absolute Gasteiger partial charge is 0.305 e. The van der Waals surface area contributed by atoms with Crippen LogP contribution in [0.25, 0.3) is 11.4 Å². The number of hydrogen-bond donors (Lipinski definition) is 0. The number of aromatic nitrogens is 3. The molecular formula is C23H26N4O3S2. The highest BCUT2D eigenvalue weighted by Gasteiger charge is 2.26. The van der Waals surface area contributed by atoms with E-state index >= 15 is 0 Å². The molecule has 3 aromatic rings. The fourth-order valence-corrected chi connectivity index (χ4v) is 6.08. The van der Waals surface area contributed by atoms with Gasteiger partial charge in [-0.3, -0.25) is 4.79 Å². The quantitative estimate of drug-likeness (QED) is 0.384. The van der Waals surface area contributed by atoms with Crippen molar-refractivity contribution in [3.63, 3.8) is 0 Å². The highest BCUT2D eigenvalue weighted by molar-refractivity contribution is 7.99. The number of carbonyl (C=O) groups excluding carboxylic acids is 1. The molecule has 0 atom stereocenters. The van der Waals surface area contributed by atoms with Gasteiger partial charge >= 0.3 is 0 Å². The van der Waals surface area contributed by atoms with E-state index in [1.165, 1.54) is 28.2 Å². The zero-order valence-electron chi connectivity index (χ0n) is 18.2. The minimum atomic E-state index is -3.50. The molecule has 1 aromatic heterocycles. The molecular weight excluding hydrogens is 444 g/mol. The van der Waals surface area contributed by atoms with Crippen molar-refractivity contribution in [2.75, 3.05) is 18.8 Å². The first-order valence-corrected chi connectivity index (χ1v) is 13.0. The van der Waals surface area contributed by atoms with Crippen molar-refractivity contribution >= 4 is 27.6 Å². The molecule has 0 saturated carbocycles. The average Bonchev–Trinajstić information content (AvgIpc) is 3.18. The number of piperidine rings is 1. The topological polar surface area (TPSA) is 85.2 Å². The summed E-state index contributed by atoms with van der Waals surface area (Å²) in [5, 5.41) is 9.15. The number of ketones is 1. The van der Waals surface area contributed by atoms with E-state index in [0.29, 0.717) is 23.8 Å². The Hall–Kier alpha value is -2.49. The van der Waals surface area contributed by atoms with Crippen LogP contribution in [0.2, 0.25) is 0 Å². The Kier molecular flexibility index (Phi) is 6.78. The van der Waals surface area contributed by atoms with E-state index in [2.05, 4.69) is 10.2 Å². The van der Waals surface area contributed by atoms with E-state index in [4.69, 9.17) is 0 Å². The van der Waals surface area contributed by atoms with Gasteiger partial charge in [0.15, 0.2) is 16.8 Å². The van der Waals surface area contributed by atoms with Gasteiger partial charge in [-0.1, -0.05) is 54.1 Å². The molecule has 0 bridgehead atoms. The van der Waals surface area contributed by atoms with Gasteiger partial charge < -0.3 is 4.57 Å². The van der Waals surface area contributed by atoms with Crippen LogP contribution >= 0.6 is 11.8 Å². The number of nitrogens with zero attached hydrogens (tertiary/aromatic N) is 4. The molecule has 2 heterocycles. The second-order valence-electron chi connectivity index (χ2n) is 7.94. The van der Waals surface area contributed by atoms with E-state index in [9.17, 15) is 13.2 Å². The number of aryl methyl sites for hydroxylation is 1. The van der Waals surface area contributed by atoms with Crippen molar-refractivity contribution in [1.29, 1.82) is 0 Å². The SMILES string of the molecule is Cc1cccc(-c2nnc(SCC(=O)c3ccc(S(=O)(=O)N4CCCCC4)cc3)n2C)c1. The van der Waals surface area contributed by atoms with Crippen LogP contribution in [-0.4, -0.2) is 52.1 Å². The molecule has 7 nitrogen and oxygen atoms in total. The number of carbonyl (C=O) groups is 1.